The second-order valence-corrected chi connectivity index (χ2v) is 25.7. The predicted molar refractivity (Wildman–Crippen MR) is 257 cm³/mol. The summed E-state index contributed by atoms with van der Waals surface area (Å²) in [6, 6.07) is 0. The number of ether oxygens (including phenoxy) is 8. The zero-order chi connectivity index (χ0) is 54.7. The molecule has 22 nitrogen and oxygen atoms in total. The molecule has 0 bridgehead atoms. The fraction of sp³-hybridized carbons (Fsp3) is 0.943. The van der Waals surface area contributed by atoms with Gasteiger partial charge in [-0.1, -0.05) is 53.2 Å². The lowest BCUT2D eigenvalue weighted by atomic mass is 9.33. The van der Waals surface area contributed by atoms with E-state index >= 15 is 0 Å². The summed E-state index contributed by atoms with van der Waals surface area (Å²) in [5.74, 6) is -0.511. The first-order valence-corrected chi connectivity index (χ1v) is 27.3. The van der Waals surface area contributed by atoms with Crippen LogP contribution in [0.25, 0.3) is 0 Å². The second kappa shape index (κ2) is 21.1. The maximum absolute atomic E-state index is 13.2. The van der Waals surface area contributed by atoms with Crippen molar-refractivity contribution in [1.82, 2.24) is 0 Å². The maximum Gasteiger partial charge on any atom is 0.310 e. The molecule has 0 aromatic rings. The smallest absolute Gasteiger partial charge is 0.310 e. The Morgan fingerprint density at radius 1 is 0.640 bits per heavy atom. The minimum absolute atomic E-state index is 0.0276. The predicted octanol–water partition coefficient (Wildman–Crippen LogP) is -0.483. The topological polar surface area (TPSA) is 354 Å². The standard InChI is InChI=1S/C53H86O22/c1-23-33(57)39(63)42(75-45-41(65)38(62)36(60)28(71-45)21-68-43-40(64)37(61)35(59)27(20-54)70-43)46(69-23)74-32-18-26(56)34(58)44(73-32)72-31-11-12-49(4)29(50(31,5)22-55)10-13-52(7)30(49)9-8-24-25-19-48(2,3)14-16-53(25,47(66)67)17-15-51(24,52)6/h8,23,25-46,54-65H,9-22H2,1-7H3,(H,66,67)/t23-,25+,26-,27+,28+,29-,30+,31+,32+,33-,34+,35+,36+,37-,38-,39+,40+,41+,42+,43+,44+,45-,46-,49+,50-,51+,52+,53-/m0/s1. The van der Waals surface area contributed by atoms with E-state index in [1.165, 1.54) is 12.5 Å². The third-order valence-corrected chi connectivity index (χ3v) is 21.1. The first-order chi connectivity index (χ1) is 35.1. The first kappa shape index (κ1) is 58.1. The summed E-state index contributed by atoms with van der Waals surface area (Å²) in [7, 11) is 0. The van der Waals surface area contributed by atoms with Gasteiger partial charge < -0.3 is 104 Å². The van der Waals surface area contributed by atoms with Gasteiger partial charge in [-0.05, 0) is 111 Å². The molecule has 0 aromatic heterocycles. The van der Waals surface area contributed by atoms with Crippen LogP contribution in [-0.2, 0) is 42.7 Å². The van der Waals surface area contributed by atoms with Gasteiger partial charge >= 0.3 is 5.97 Å². The van der Waals surface area contributed by atoms with Crippen molar-refractivity contribution in [3.63, 3.8) is 0 Å². The maximum atomic E-state index is 13.2. The molecule has 13 N–H and O–H groups in total. The van der Waals surface area contributed by atoms with E-state index in [-0.39, 0.29) is 52.4 Å². The summed E-state index contributed by atoms with van der Waals surface area (Å²) >= 11 is 0. The van der Waals surface area contributed by atoms with E-state index in [4.69, 9.17) is 37.9 Å². The van der Waals surface area contributed by atoms with Crippen molar-refractivity contribution < 1.29 is 109 Å². The molecule has 4 saturated carbocycles. The highest BCUT2D eigenvalue weighted by Gasteiger charge is 2.70. The summed E-state index contributed by atoms with van der Waals surface area (Å²) in [5, 5.41) is 141. The van der Waals surface area contributed by atoms with Crippen LogP contribution in [0.4, 0.5) is 0 Å². The third-order valence-electron chi connectivity index (χ3n) is 21.1. The van der Waals surface area contributed by atoms with E-state index < -0.39 is 153 Å². The number of carbonyl (C=O) groups is 1. The van der Waals surface area contributed by atoms with Crippen LogP contribution >= 0.6 is 0 Å². The van der Waals surface area contributed by atoms with Gasteiger partial charge in [0.2, 0.25) is 0 Å². The minimum atomic E-state index is -1.98. The molecule has 430 valence electrons. The number of hydrogen-bond donors (Lipinski definition) is 13. The Bertz CT molecular complexity index is 2060. The molecule has 75 heavy (non-hydrogen) atoms. The summed E-state index contributed by atoms with van der Waals surface area (Å²) in [4.78, 5) is 13.2. The van der Waals surface area contributed by atoms with Crippen molar-refractivity contribution >= 4 is 5.97 Å². The molecule has 5 aliphatic carbocycles. The Hall–Kier alpha value is -1.59. The molecule has 22 heteroatoms. The van der Waals surface area contributed by atoms with Crippen LogP contribution in [0.5, 0.6) is 0 Å². The Labute approximate surface area is 437 Å². The van der Waals surface area contributed by atoms with Crippen LogP contribution in [0.3, 0.4) is 0 Å². The number of rotatable bonds is 12. The van der Waals surface area contributed by atoms with Crippen LogP contribution in [-0.4, -0.2) is 215 Å². The van der Waals surface area contributed by atoms with Gasteiger partial charge in [0.15, 0.2) is 31.5 Å². The first-order valence-electron chi connectivity index (χ1n) is 27.3. The van der Waals surface area contributed by atoms with E-state index in [0.29, 0.717) is 19.3 Å². The molecule has 9 aliphatic rings. The van der Waals surface area contributed by atoms with Gasteiger partial charge in [-0.25, -0.2) is 0 Å². The van der Waals surface area contributed by atoms with E-state index in [2.05, 4.69) is 40.7 Å². The van der Waals surface area contributed by atoms with Crippen LogP contribution in [0.1, 0.15) is 119 Å². The summed E-state index contributed by atoms with van der Waals surface area (Å²) in [5.41, 5.74) is -0.833. The monoisotopic (exact) mass is 1070 g/mol. The number of aliphatic hydroxyl groups excluding tert-OH is 12. The molecule has 8 fully saturated rings. The van der Waals surface area contributed by atoms with Crippen LogP contribution < -0.4 is 0 Å². The third kappa shape index (κ3) is 9.60. The van der Waals surface area contributed by atoms with Crippen molar-refractivity contribution in [3.05, 3.63) is 11.6 Å². The zero-order valence-electron chi connectivity index (χ0n) is 44.2. The molecular formula is C53H86O22. The summed E-state index contributed by atoms with van der Waals surface area (Å²) in [6.07, 6.45) is -22.1. The molecule has 0 unspecified atom stereocenters. The molecule has 0 spiro atoms. The van der Waals surface area contributed by atoms with E-state index in [1.54, 1.807) is 0 Å². The second-order valence-electron chi connectivity index (χ2n) is 25.7. The van der Waals surface area contributed by atoms with E-state index in [9.17, 15) is 71.2 Å². The van der Waals surface area contributed by atoms with Gasteiger partial charge in [-0.2, -0.15) is 0 Å². The minimum Gasteiger partial charge on any atom is -0.481 e. The number of allylic oxidation sites excluding steroid dienone is 2. The van der Waals surface area contributed by atoms with Crippen LogP contribution in [0, 0.1) is 50.2 Å². The fourth-order valence-corrected chi connectivity index (χ4v) is 16.1. The molecule has 4 saturated heterocycles. The lowest BCUT2D eigenvalue weighted by Gasteiger charge is -2.71. The zero-order valence-corrected chi connectivity index (χ0v) is 44.2. The highest BCUT2D eigenvalue weighted by molar-refractivity contribution is 5.76. The lowest BCUT2D eigenvalue weighted by Crippen LogP contribution is -2.66. The number of carboxylic acids is 1. The van der Waals surface area contributed by atoms with Gasteiger partial charge in [0.1, 0.15) is 73.2 Å². The number of carboxylic acid groups (broad SMARTS) is 1. The number of fused-ring (bicyclic) bond motifs is 7. The molecule has 0 aromatic carbocycles. The molecular weight excluding hydrogens is 989 g/mol. The highest BCUT2D eigenvalue weighted by Crippen LogP contribution is 2.76. The van der Waals surface area contributed by atoms with Gasteiger partial charge in [0, 0.05) is 11.8 Å². The largest absolute Gasteiger partial charge is 0.481 e. The average molecular weight is 1080 g/mol. The van der Waals surface area contributed by atoms with Crippen molar-refractivity contribution in [3.8, 4) is 0 Å². The Balaban J connectivity index is 0.889. The molecule has 0 radical (unpaired) electrons. The number of hydrogen-bond acceptors (Lipinski definition) is 21. The van der Waals surface area contributed by atoms with Gasteiger partial charge in [0.25, 0.3) is 0 Å². The van der Waals surface area contributed by atoms with E-state index in [0.717, 1.165) is 44.9 Å². The molecule has 0 amide bonds. The normalized spacial score (nSPS) is 54.9. The van der Waals surface area contributed by atoms with Crippen LogP contribution in [0.15, 0.2) is 11.6 Å². The number of aliphatic carboxylic acids is 1. The fourth-order valence-electron chi connectivity index (χ4n) is 16.1. The number of aliphatic hydroxyl groups is 12. The molecule has 4 heterocycles. The van der Waals surface area contributed by atoms with Gasteiger partial charge in [-0.3, -0.25) is 4.79 Å². The summed E-state index contributed by atoms with van der Waals surface area (Å²) < 4.78 is 47.8. The Morgan fingerprint density at radius 3 is 1.95 bits per heavy atom. The van der Waals surface area contributed by atoms with Crippen molar-refractivity contribution in [2.75, 3.05) is 19.8 Å². The molecule has 9 rings (SSSR count). The average Bonchev–Trinajstić information content (AvgIpc) is 3.36. The highest BCUT2D eigenvalue weighted by atomic mass is 16.8. The Morgan fingerprint density at radius 2 is 1.28 bits per heavy atom. The molecule has 28 atom stereocenters. The van der Waals surface area contributed by atoms with Crippen molar-refractivity contribution in [1.29, 1.82) is 0 Å². The van der Waals surface area contributed by atoms with Crippen molar-refractivity contribution in [2.24, 2.45) is 50.2 Å². The van der Waals surface area contributed by atoms with Crippen molar-refractivity contribution in [2.45, 2.75) is 242 Å². The van der Waals surface area contributed by atoms with E-state index in [1.807, 2.05) is 6.92 Å². The Kier molecular flexibility index (Phi) is 16.3. The molecule has 4 aliphatic heterocycles. The lowest BCUT2D eigenvalue weighted by molar-refractivity contribution is -0.405. The quantitative estimate of drug-likeness (QED) is 0.0867. The van der Waals surface area contributed by atoms with Gasteiger partial charge in [-0.15, -0.1) is 0 Å². The summed E-state index contributed by atoms with van der Waals surface area (Å²) in [6.45, 7) is 13.5. The SMILES string of the molecule is C[C@@H]1O[C@@H](O[C@@H]2C[C@H](O)[C@@H](O)[C@H](O[C@@H]3CC[C@]4(C)[C@H](CC[C@]5(C)[C@@H]4CC=C4[C@H]6CC(C)(C)CC[C@]6(C(=O)O)CC[C@]45C)[C@]3(C)CO)O2)[C@H](O[C@@H]2O[C@H](CO[C@@H]3O[C@H](CO)[C@@H](O)[C@H](O)[C@H]3O)[C@@H](O)[C@H](O)[C@H]2O)[C@H](O)[C@H]1O. The van der Waals surface area contributed by atoms with Gasteiger partial charge in [0.05, 0.1) is 43.5 Å². The van der Waals surface area contributed by atoms with Crippen LogP contribution in [0.2, 0.25) is 0 Å².